The smallest absolute Gasteiger partial charge is 0.408 e. The van der Waals surface area contributed by atoms with E-state index in [1.54, 1.807) is 30.3 Å². The minimum absolute atomic E-state index is 0.0528. The summed E-state index contributed by atoms with van der Waals surface area (Å²) in [6.07, 6.45) is -0.424. The Morgan fingerprint density at radius 1 is 1.03 bits per heavy atom. The highest BCUT2D eigenvalue weighted by Gasteiger charge is 2.43. The molecule has 2 aromatic carbocycles. The van der Waals surface area contributed by atoms with Crippen molar-refractivity contribution in [1.82, 2.24) is 10.2 Å². The number of nitrogens with one attached hydrogen (secondary N) is 1. The van der Waals surface area contributed by atoms with Crippen molar-refractivity contribution >= 4 is 27.6 Å². The van der Waals surface area contributed by atoms with E-state index in [1.165, 1.54) is 4.90 Å². The second kappa shape index (κ2) is 11.3. The van der Waals surface area contributed by atoms with Gasteiger partial charge in [-0.25, -0.2) is 13.2 Å². The number of benzene rings is 2. The van der Waals surface area contributed by atoms with Gasteiger partial charge in [0.2, 0.25) is 5.91 Å². The minimum atomic E-state index is -3.80. The second-order valence-corrected chi connectivity index (χ2v) is 11.0. The molecule has 9 heteroatoms. The zero-order valence-electron chi connectivity index (χ0n) is 19.3. The Hall–Kier alpha value is -3.20. The summed E-state index contributed by atoms with van der Waals surface area (Å²) in [6.45, 7) is 3.34. The van der Waals surface area contributed by atoms with Crippen molar-refractivity contribution in [3.05, 3.63) is 71.8 Å². The molecule has 1 heterocycles. The van der Waals surface area contributed by atoms with Crippen LogP contribution in [0.4, 0.5) is 4.79 Å². The van der Waals surface area contributed by atoms with Crippen molar-refractivity contribution in [2.45, 2.75) is 43.9 Å². The molecule has 1 aliphatic rings. The van der Waals surface area contributed by atoms with Gasteiger partial charge in [0.1, 0.15) is 17.9 Å². The molecule has 1 saturated heterocycles. The number of carbonyl (C=O) groups excluding carboxylic acids is 3. The Balaban J connectivity index is 1.64. The standard InChI is InChI=1S/C25H30N2O6S/c1-18(2)13-21(26-25(30)33-16-19-9-5-3-6-10-19)24(29)27-14-22(28)23(15-27)34(31,32)17-20-11-7-4-8-12-20/h3-12,18,21,23H,13-17H2,1-2H3,(H,26,30)/t21-,23?/m0/s1. The summed E-state index contributed by atoms with van der Waals surface area (Å²) in [5.74, 6) is -1.21. The van der Waals surface area contributed by atoms with Crippen LogP contribution in [0.2, 0.25) is 0 Å². The average Bonchev–Trinajstić information content (AvgIpc) is 3.20. The third-order valence-electron chi connectivity index (χ3n) is 5.56. The summed E-state index contributed by atoms with van der Waals surface area (Å²) in [6, 6.07) is 16.8. The molecule has 0 saturated carbocycles. The van der Waals surface area contributed by atoms with Crippen LogP contribution in [0.5, 0.6) is 0 Å². The van der Waals surface area contributed by atoms with Gasteiger partial charge in [0.25, 0.3) is 0 Å². The van der Waals surface area contributed by atoms with E-state index in [9.17, 15) is 22.8 Å². The molecule has 8 nitrogen and oxygen atoms in total. The Morgan fingerprint density at radius 2 is 1.62 bits per heavy atom. The number of alkyl carbamates (subject to hydrolysis) is 1. The van der Waals surface area contributed by atoms with Gasteiger partial charge in [-0.2, -0.15) is 0 Å². The highest BCUT2D eigenvalue weighted by Crippen LogP contribution is 2.20. The Kier molecular flexibility index (Phi) is 8.44. The predicted molar refractivity (Wildman–Crippen MR) is 127 cm³/mol. The Labute approximate surface area is 200 Å². The van der Waals surface area contributed by atoms with Crippen LogP contribution in [0.25, 0.3) is 0 Å². The van der Waals surface area contributed by atoms with Gasteiger partial charge in [-0.3, -0.25) is 9.59 Å². The molecule has 2 amide bonds. The average molecular weight is 487 g/mol. The van der Waals surface area contributed by atoms with E-state index >= 15 is 0 Å². The van der Waals surface area contributed by atoms with E-state index in [1.807, 2.05) is 44.2 Å². The van der Waals surface area contributed by atoms with Crippen LogP contribution < -0.4 is 5.32 Å². The molecule has 2 atom stereocenters. The maximum absolute atomic E-state index is 13.2. The van der Waals surface area contributed by atoms with Crippen molar-refractivity contribution in [1.29, 1.82) is 0 Å². The van der Waals surface area contributed by atoms with E-state index in [0.717, 1.165) is 5.56 Å². The zero-order chi connectivity index (χ0) is 24.7. The van der Waals surface area contributed by atoms with Gasteiger partial charge in [-0.1, -0.05) is 74.5 Å². The number of ketones is 1. The van der Waals surface area contributed by atoms with E-state index in [4.69, 9.17) is 4.74 Å². The number of rotatable bonds is 9. The first-order valence-electron chi connectivity index (χ1n) is 11.2. The van der Waals surface area contributed by atoms with Gasteiger partial charge in [0.05, 0.1) is 12.3 Å². The van der Waals surface area contributed by atoms with Crippen LogP contribution in [0, 0.1) is 5.92 Å². The minimum Gasteiger partial charge on any atom is -0.445 e. The van der Waals surface area contributed by atoms with Crippen LogP contribution >= 0.6 is 0 Å². The normalized spacial score (nSPS) is 17.0. The largest absolute Gasteiger partial charge is 0.445 e. The van der Waals surface area contributed by atoms with Crippen molar-refractivity contribution < 1.29 is 27.5 Å². The molecule has 182 valence electrons. The third kappa shape index (κ3) is 6.90. The summed E-state index contributed by atoms with van der Waals surface area (Å²) >= 11 is 0. The molecule has 1 N–H and O–H groups in total. The van der Waals surface area contributed by atoms with Gasteiger partial charge >= 0.3 is 6.09 Å². The lowest BCUT2D eigenvalue weighted by atomic mass is 10.0. The number of sulfone groups is 1. The van der Waals surface area contributed by atoms with Crippen LogP contribution in [0.1, 0.15) is 31.4 Å². The molecule has 2 aromatic rings. The van der Waals surface area contributed by atoms with Gasteiger partial charge in [0, 0.05) is 6.54 Å². The number of hydrogen-bond acceptors (Lipinski definition) is 6. The van der Waals surface area contributed by atoms with Gasteiger partial charge in [-0.15, -0.1) is 0 Å². The molecule has 0 aliphatic carbocycles. The maximum Gasteiger partial charge on any atom is 0.408 e. The molecular formula is C25H30N2O6S. The number of carbonyl (C=O) groups is 3. The summed E-state index contributed by atoms with van der Waals surface area (Å²) < 4.78 is 31.0. The lowest BCUT2D eigenvalue weighted by Gasteiger charge is -2.25. The summed E-state index contributed by atoms with van der Waals surface area (Å²) in [4.78, 5) is 39.3. The highest BCUT2D eigenvalue weighted by molar-refractivity contribution is 7.92. The van der Waals surface area contributed by atoms with E-state index in [-0.39, 0.29) is 31.4 Å². The third-order valence-corrected chi connectivity index (χ3v) is 7.57. The fourth-order valence-corrected chi connectivity index (χ4v) is 5.61. The molecule has 1 unspecified atom stereocenters. The first kappa shape index (κ1) is 25.4. The Morgan fingerprint density at radius 3 is 2.21 bits per heavy atom. The molecule has 0 spiro atoms. The number of nitrogens with zero attached hydrogens (tertiary/aromatic N) is 1. The summed E-state index contributed by atoms with van der Waals surface area (Å²) in [5.41, 5.74) is 1.39. The zero-order valence-corrected chi connectivity index (χ0v) is 20.2. The van der Waals surface area contributed by atoms with Crippen molar-refractivity contribution in [3.63, 3.8) is 0 Å². The van der Waals surface area contributed by atoms with Crippen molar-refractivity contribution in [2.75, 3.05) is 13.1 Å². The lowest BCUT2D eigenvalue weighted by Crippen LogP contribution is -2.49. The molecule has 0 aromatic heterocycles. The molecule has 1 fully saturated rings. The van der Waals surface area contributed by atoms with Crippen molar-refractivity contribution in [3.8, 4) is 0 Å². The quantitative estimate of drug-likeness (QED) is 0.584. The van der Waals surface area contributed by atoms with Crippen molar-refractivity contribution in [2.24, 2.45) is 5.92 Å². The number of hydrogen-bond donors (Lipinski definition) is 1. The van der Waals surface area contributed by atoms with Crippen LogP contribution in [0.15, 0.2) is 60.7 Å². The SMILES string of the molecule is CC(C)C[C@H](NC(=O)OCc1ccccc1)C(=O)N1CC(=O)C(S(=O)(=O)Cc2ccccc2)C1. The second-order valence-electron chi connectivity index (χ2n) is 8.85. The molecular weight excluding hydrogens is 456 g/mol. The van der Waals surface area contributed by atoms with E-state index < -0.39 is 38.9 Å². The number of amides is 2. The predicted octanol–water partition coefficient (Wildman–Crippen LogP) is 2.72. The molecule has 0 bridgehead atoms. The number of likely N-dealkylation sites (tertiary alicyclic amines) is 1. The van der Waals surface area contributed by atoms with Gasteiger partial charge in [0.15, 0.2) is 15.6 Å². The molecule has 1 aliphatic heterocycles. The van der Waals surface area contributed by atoms with Gasteiger partial charge in [-0.05, 0) is 23.5 Å². The lowest BCUT2D eigenvalue weighted by molar-refractivity contribution is -0.134. The van der Waals surface area contributed by atoms with E-state index in [2.05, 4.69) is 5.32 Å². The molecule has 34 heavy (non-hydrogen) atoms. The topological polar surface area (TPSA) is 110 Å². The highest BCUT2D eigenvalue weighted by atomic mass is 32.2. The Bertz CT molecular complexity index is 1100. The maximum atomic E-state index is 13.2. The van der Waals surface area contributed by atoms with E-state index in [0.29, 0.717) is 12.0 Å². The van der Waals surface area contributed by atoms with Crippen LogP contribution in [-0.4, -0.2) is 55.5 Å². The first-order valence-corrected chi connectivity index (χ1v) is 12.9. The molecule has 0 radical (unpaired) electrons. The first-order chi connectivity index (χ1) is 16.2. The summed E-state index contributed by atoms with van der Waals surface area (Å²) in [7, 11) is -3.80. The van der Waals surface area contributed by atoms with Gasteiger partial charge < -0.3 is 15.0 Å². The summed E-state index contributed by atoms with van der Waals surface area (Å²) in [5, 5.41) is 1.31. The fourth-order valence-electron chi connectivity index (χ4n) is 3.87. The monoisotopic (exact) mass is 486 g/mol. The van der Waals surface area contributed by atoms with Crippen LogP contribution in [-0.2, 0) is 36.5 Å². The molecule has 3 rings (SSSR count). The number of ether oxygens (including phenoxy) is 1. The fraction of sp³-hybridized carbons (Fsp3) is 0.400. The number of Topliss-reactive ketones (excluding diaryl/α,β-unsaturated/α-hetero) is 1. The van der Waals surface area contributed by atoms with Crippen LogP contribution in [0.3, 0.4) is 0 Å².